The van der Waals surface area contributed by atoms with Gasteiger partial charge in [0, 0.05) is 12.1 Å². The van der Waals surface area contributed by atoms with E-state index in [-0.39, 0.29) is 5.95 Å². The molecule has 0 aromatic carbocycles. The van der Waals surface area contributed by atoms with Crippen LogP contribution in [0.15, 0.2) is 6.07 Å². The zero-order valence-corrected chi connectivity index (χ0v) is 9.46. The van der Waals surface area contributed by atoms with Crippen molar-refractivity contribution >= 4 is 23.4 Å². The first kappa shape index (κ1) is 10.5. The first-order valence-electron chi connectivity index (χ1n) is 5.25. The fourth-order valence-corrected chi connectivity index (χ4v) is 1.94. The first-order valence-corrected chi connectivity index (χ1v) is 5.63. The van der Waals surface area contributed by atoms with Gasteiger partial charge in [-0.3, -0.25) is 0 Å². The highest BCUT2D eigenvalue weighted by Gasteiger charge is 2.30. The predicted octanol–water partition coefficient (Wildman–Crippen LogP) is 2.31. The van der Waals surface area contributed by atoms with E-state index in [4.69, 9.17) is 17.3 Å². The van der Waals surface area contributed by atoms with Crippen molar-refractivity contribution in [3.05, 3.63) is 11.2 Å². The number of hydrogen-bond donors (Lipinski definition) is 2. The SMILES string of the molecule is CCC(Nc1cc(Cl)nc(N)n1)C1CC1. The molecule has 1 fully saturated rings. The van der Waals surface area contributed by atoms with Crippen molar-refractivity contribution < 1.29 is 0 Å². The Labute approximate surface area is 94.2 Å². The van der Waals surface area contributed by atoms with Gasteiger partial charge in [-0.1, -0.05) is 18.5 Å². The van der Waals surface area contributed by atoms with E-state index in [0.29, 0.717) is 11.2 Å². The summed E-state index contributed by atoms with van der Waals surface area (Å²) in [6.45, 7) is 2.17. The van der Waals surface area contributed by atoms with Crippen molar-refractivity contribution in [1.82, 2.24) is 9.97 Å². The second-order valence-electron chi connectivity index (χ2n) is 3.93. The molecule has 1 saturated carbocycles. The quantitative estimate of drug-likeness (QED) is 0.774. The summed E-state index contributed by atoms with van der Waals surface area (Å²) in [5.41, 5.74) is 5.52. The van der Waals surface area contributed by atoms with Gasteiger partial charge in [-0.2, -0.15) is 4.98 Å². The Kier molecular flexibility index (Phi) is 2.95. The molecule has 3 N–H and O–H groups in total. The number of nitrogens with two attached hydrogens (primary N) is 1. The van der Waals surface area contributed by atoms with Crippen LogP contribution in [-0.2, 0) is 0 Å². The van der Waals surface area contributed by atoms with Gasteiger partial charge in [-0.25, -0.2) is 4.98 Å². The van der Waals surface area contributed by atoms with Crippen molar-refractivity contribution in [1.29, 1.82) is 0 Å². The number of halogens is 1. The van der Waals surface area contributed by atoms with Crippen LogP contribution in [0.2, 0.25) is 5.15 Å². The van der Waals surface area contributed by atoms with Gasteiger partial charge in [-0.15, -0.1) is 0 Å². The number of nitrogen functional groups attached to an aromatic ring is 1. The van der Waals surface area contributed by atoms with Gasteiger partial charge in [0.15, 0.2) is 0 Å². The molecule has 1 atom stereocenters. The molecule has 0 saturated heterocycles. The van der Waals surface area contributed by atoms with Crippen LogP contribution in [0.1, 0.15) is 26.2 Å². The Morgan fingerprint density at radius 1 is 1.60 bits per heavy atom. The van der Waals surface area contributed by atoms with Crippen LogP contribution in [0.25, 0.3) is 0 Å². The average molecular weight is 227 g/mol. The summed E-state index contributed by atoms with van der Waals surface area (Å²) >= 11 is 5.80. The smallest absolute Gasteiger partial charge is 0.223 e. The summed E-state index contributed by atoms with van der Waals surface area (Å²) in [6, 6.07) is 2.19. The average Bonchev–Trinajstić information content (AvgIpc) is 2.95. The summed E-state index contributed by atoms with van der Waals surface area (Å²) < 4.78 is 0. The number of rotatable bonds is 4. The lowest BCUT2D eigenvalue weighted by atomic mass is 10.1. The molecule has 2 rings (SSSR count). The third-order valence-electron chi connectivity index (χ3n) is 2.68. The van der Waals surface area contributed by atoms with Gasteiger partial charge in [0.05, 0.1) is 0 Å². The Morgan fingerprint density at radius 2 is 2.33 bits per heavy atom. The lowest BCUT2D eigenvalue weighted by molar-refractivity contribution is 0.614. The van der Waals surface area contributed by atoms with E-state index in [1.54, 1.807) is 6.07 Å². The van der Waals surface area contributed by atoms with Crippen molar-refractivity contribution in [2.45, 2.75) is 32.2 Å². The molecule has 1 aliphatic rings. The minimum Gasteiger partial charge on any atom is -0.368 e. The van der Waals surface area contributed by atoms with E-state index in [1.807, 2.05) is 0 Å². The maximum absolute atomic E-state index is 5.80. The van der Waals surface area contributed by atoms with E-state index < -0.39 is 0 Å². The zero-order valence-electron chi connectivity index (χ0n) is 8.70. The second kappa shape index (κ2) is 4.23. The zero-order chi connectivity index (χ0) is 10.8. The Balaban J connectivity index is 2.08. The summed E-state index contributed by atoms with van der Waals surface area (Å²) in [5, 5.41) is 3.74. The van der Waals surface area contributed by atoms with E-state index >= 15 is 0 Å². The molecule has 82 valence electrons. The van der Waals surface area contributed by atoms with Crippen LogP contribution < -0.4 is 11.1 Å². The van der Waals surface area contributed by atoms with E-state index in [9.17, 15) is 0 Å². The third kappa shape index (κ3) is 2.72. The fourth-order valence-electron chi connectivity index (χ4n) is 1.75. The number of nitrogens with one attached hydrogen (secondary N) is 1. The number of nitrogens with zero attached hydrogens (tertiary/aromatic N) is 2. The van der Waals surface area contributed by atoms with Crippen LogP contribution in [0.3, 0.4) is 0 Å². The van der Waals surface area contributed by atoms with E-state index in [2.05, 4.69) is 22.2 Å². The highest BCUT2D eigenvalue weighted by Crippen LogP contribution is 2.35. The molecule has 0 amide bonds. The maximum Gasteiger partial charge on any atom is 0.223 e. The molecule has 0 bridgehead atoms. The number of hydrogen-bond acceptors (Lipinski definition) is 4. The van der Waals surface area contributed by atoms with Crippen LogP contribution in [0.5, 0.6) is 0 Å². The first-order chi connectivity index (χ1) is 7.19. The molecule has 0 spiro atoms. The summed E-state index contributed by atoms with van der Waals surface area (Å²) in [7, 11) is 0. The second-order valence-corrected chi connectivity index (χ2v) is 4.32. The monoisotopic (exact) mass is 226 g/mol. The maximum atomic E-state index is 5.80. The Morgan fingerprint density at radius 3 is 2.87 bits per heavy atom. The molecule has 1 aliphatic carbocycles. The van der Waals surface area contributed by atoms with Gasteiger partial charge in [0.2, 0.25) is 5.95 Å². The van der Waals surface area contributed by atoms with Gasteiger partial charge in [0.1, 0.15) is 11.0 Å². The lowest BCUT2D eigenvalue weighted by Gasteiger charge is -2.16. The van der Waals surface area contributed by atoms with Gasteiger partial charge in [0.25, 0.3) is 0 Å². The van der Waals surface area contributed by atoms with Crippen LogP contribution in [0.4, 0.5) is 11.8 Å². The number of anilines is 2. The molecule has 5 heteroatoms. The molecule has 1 heterocycles. The van der Waals surface area contributed by atoms with Crippen LogP contribution in [-0.4, -0.2) is 16.0 Å². The normalized spacial score (nSPS) is 17.5. The molecule has 15 heavy (non-hydrogen) atoms. The third-order valence-corrected chi connectivity index (χ3v) is 2.87. The van der Waals surface area contributed by atoms with E-state index in [1.165, 1.54) is 12.8 Å². The van der Waals surface area contributed by atoms with Gasteiger partial charge in [-0.05, 0) is 25.2 Å². The lowest BCUT2D eigenvalue weighted by Crippen LogP contribution is -2.21. The molecular weight excluding hydrogens is 212 g/mol. The standard InChI is InChI=1S/C10H15ClN4/c1-2-7(6-3-4-6)13-9-5-8(11)14-10(12)15-9/h5-7H,2-4H2,1H3,(H3,12,13,14,15). The number of aromatic nitrogens is 2. The highest BCUT2D eigenvalue weighted by atomic mass is 35.5. The molecular formula is C10H15ClN4. The molecule has 4 nitrogen and oxygen atoms in total. The summed E-state index contributed by atoms with van der Waals surface area (Å²) in [4.78, 5) is 7.92. The predicted molar refractivity (Wildman–Crippen MR) is 61.9 cm³/mol. The van der Waals surface area contributed by atoms with Crippen molar-refractivity contribution in [2.24, 2.45) is 5.92 Å². The van der Waals surface area contributed by atoms with Gasteiger partial charge < -0.3 is 11.1 Å². The minimum atomic E-state index is 0.218. The molecule has 1 aromatic heterocycles. The molecule has 1 unspecified atom stereocenters. The topological polar surface area (TPSA) is 63.8 Å². The van der Waals surface area contributed by atoms with Crippen LogP contribution in [0, 0.1) is 5.92 Å². The van der Waals surface area contributed by atoms with Crippen molar-refractivity contribution in [3.8, 4) is 0 Å². The fraction of sp³-hybridized carbons (Fsp3) is 0.600. The van der Waals surface area contributed by atoms with Crippen molar-refractivity contribution in [3.63, 3.8) is 0 Å². The molecule has 0 radical (unpaired) electrons. The Hall–Kier alpha value is -1.03. The molecule has 1 aromatic rings. The summed E-state index contributed by atoms with van der Waals surface area (Å²) in [5.74, 6) is 1.73. The van der Waals surface area contributed by atoms with Crippen LogP contribution >= 0.6 is 11.6 Å². The minimum absolute atomic E-state index is 0.218. The van der Waals surface area contributed by atoms with Crippen molar-refractivity contribution in [2.75, 3.05) is 11.1 Å². The largest absolute Gasteiger partial charge is 0.368 e. The van der Waals surface area contributed by atoms with Gasteiger partial charge >= 0.3 is 0 Å². The Bertz CT molecular complexity index is 331. The van der Waals surface area contributed by atoms with E-state index in [0.717, 1.165) is 18.2 Å². The highest BCUT2D eigenvalue weighted by molar-refractivity contribution is 6.29. The molecule has 0 aliphatic heterocycles. The summed E-state index contributed by atoms with van der Waals surface area (Å²) in [6.07, 6.45) is 3.70.